The third kappa shape index (κ3) is 1.93. The lowest BCUT2D eigenvalue weighted by Gasteiger charge is -2.06. The zero-order valence-electron chi connectivity index (χ0n) is 6.40. The lowest BCUT2D eigenvalue weighted by Crippen LogP contribution is -2.04. The van der Waals surface area contributed by atoms with Crippen LogP contribution < -0.4 is 5.73 Å². The maximum atomic E-state index is 13.0. The highest BCUT2D eigenvalue weighted by atomic mass is 79.9. The van der Waals surface area contributed by atoms with Gasteiger partial charge in [-0.3, -0.25) is 4.98 Å². The van der Waals surface area contributed by atoms with Crippen molar-refractivity contribution in [3.05, 3.63) is 23.3 Å². The average molecular weight is 255 g/mol. The van der Waals surface area contributed by atoms with E-state index in [9.17, 15) is 13.2 Å². The third-order valence-electron chi connectivity index (χ3n) is 1.52. The fourth-order valence-electron chi connectivity index (χ4n) is 0.811. The van der Waals surface area contributed by atoms with Gasteiger partial charge in [0.25, 0.3) is 6.43 Å². The Kier molecular flexibility index (Phi) is 3.13. The van der Waals surface area contributed by atoms with Crippen molar-refractivity contribution in [3.63, 3.8) is 0 Å². The first-order valence-electron chi connectivity index (χ1n) is 3.34. The summed E-state index contributed by atoms with van der Waals surface area (Å²) in [4.78, 5) is 3.27. The van der Waals surface area contributed by atoms with Crippen LogP contribution in [0.25, 0.3) is 0 Å². The second-order valence-corrected chi connectivity index (χ2v) is 2.89. The molecule has 0 bridgehead atoms. The molecule has 72 valence electrons. The van der Waals surface area contributed by atoms with Crippen molar-refractivity contribution in [2.75, 3.05) is 5.73 Å². The van der Waals surface area contributed by atoms with Crippen LogP contribution >= 0.6 is 15.9 Å². The highest BCUT2D eigenvalue weighted by molar-refractivity contribution is 9.08. The summed E-state index contributed by atoms with van der Waals surface area (Å²) in [6.07, 6.45) is -1.80. The van der Waals surface area contributed by atoms with Crippen LogP contribution in [0, 0.1) is 5.82 Å². The van der Waals surface area contributed by atoms with Crippen LogP contribution in [-0.2, 0) is 5.33 Å². The van der Waals surface area contributed by atoms with E-state index in [0.29, 0.717) is 5.56 Å². The van der Waals surface area contributed by atoms with Crippen LogP contribution in [0.1, 0.15) is 17.7 Å². The van der Waals surface area contributed by atoms with Crippen molar-refractivity contribution in [1.29, 1.82) is 0 Å². The summed E-state index contributed by atoms with van der Waals surface area (Å²) in [6, 6.07) is 0. The Balaban J connectivity index is 3.23. The minimum absolute atomic E-state index is 0.276. The molecule has 0 unspecified atom stereocenters. The highest BCUT2D eigenvalue weighted by Gasteiger charge is 2.18. The molecule has 0 saturated carbocycles. The van der Waals surface area contributed by atoms with E-state index in [1.807, 2.05) is 0 Å². The molecule has 1 aromatic heterocycles. The Morgan fingerprint density at radius 1 is 1.54 bits per heavy atom. The number of halogens is 4. The Hall–Kier alpha value is -0.780. The number of pyridine rings is 1. The standard InChI is InChI=1S/C7H6BrF3N2/c8-1-3-2-13-6(7(10)11)4(9)5(3)12/h2,7H,1H2,(H2,12,13). The molecule has 2 nitrogen and oxygen atoms in total. The molecule has 0 aromatic carbocycles. The second kappa shape index (κ2) is 3.95. The number of nitrogen functional groups attached to an aromatic ring is 1. The molecule has 13 heavy (non-hydrogen) atoms. The number of anilines is 1. The first-order valence-corrected chi connectivity index (χ1v) is 4.47. The molecular formula is C7H6BrF3N2. The molecule has 0 fully saturated rings. The lowest BCUT2D eigenvalue weighted by molar-refractivity contribution is 0.140. The van der Waals surface area contributed by atoms with Gasteiger partial charge in [-0.15, -0.1) is 0 Å². The summed E-state index contributed by atoms with van der Waals surface area (Å²) in [6.45, 7) is 0. The molecule has 0 aliphatic carbocycles. The Bertz CT molecular complexity index is 317. The first-order chi connectivity index (χ1) is 6.07. The van der Waals surface area contributed by atoms with Gasteiger partial charge >= 0.3 is 0 Å². The van der Waals surface area contributed by atoms with Gasteiger partial charge in [0.15, 0.2) is 5.82 Å². The molecule has 0 saturated heterocycles. The number of nitrogens with zero attached hydrogens (tertiary/aromatic N) is 1. The van der Waals surface area contributed by atoms with Gasteiger partial charge in [0, 0.05) is 17.1 Å². The highest BCUT2D eigenvalue weighted by Crippen LogP contribution is 2.26. The molecule has 1 aromatic rings. The van der Waals surface area contributed by atoms with Crippen molar-refractivity contribution in [3.8, 4) is 0 Å². The predicted octanol–water partition coefficient (Wildman–Crippen LogP) is 2.64. The van der Waals surface area contributed by atoms with Crippen LogP contribution in [-0.4, -0.2) is 4.98 Å². The van der Waals surface area contributed by atoms with E-state index < -0.39 is 17.9 Å². The van der Waals surface area contributed by atoms with Crippen molar-refractivity contribution in [2.45, 2.75) is 11.8 Å². The molecule has 0 radical (unpaired) electrons. The molecule has 0 atom stereocenters. The minimum Gasteiger partial charge on any atom is -0.396 e. The zero-order chi connectivity index (χ0) is 10.0. The van der Waals surface area contributed by atoms with Gasteiger partial charge in [-0.05, 0) is 0 Å². The molecule has 0 aliphatic heterocycles. The average Bonchev–Trinajstić information content (AvgIpc) is 2.09. The van der Waals surface area contributed by atoms with Crippen molar-refractivity contribution in [1.82, 2.24) is 4.98 Å². The summed E-state index contributed by atoms with van der Waals surface area (Å²) >= 11 is 3.03. The van der Waals surface area contributed by atoms with E-state index in [-0.39, 0.29) is 11.0 Å². The van der Waals surface area contributed by atoms with Crippen LogP contribution in [0.5, 0.6) is 0 Å². The van der Waals surface area contributed by atoms with Gasteiger partial charge in [0.1, 0.15) is 5.69 Å². The monoisotopic (exact) mass is 254 g/mol. The molecule has 0 aliphatic rings. The van der Waals surface area contributed by atoms with Crippen LogP contribution in [0.4, 0.5) is 18.9 Å². The molecule has 1 rings (SSSR count). The fraction of sp³-hybridized carbons (Fsp3) is 0.286. The third-order valence-corrected chi connectivity index (χ3v) is 2.12. The fourth-order valence-corrected chi connectivity index (χ4v) is 1.26. The Labute approximate surface area is 81.1 Å². The summed E-state index contributed by atoms with van der Waals surface area (Å²) < 4.78 is 37.2. The molecule has 2 N–H and O–H groups in total. The number of nitrogens with two attached hydrogens (primary N) is 1. The maximum Gasteiger partial charge on any atom is 0.283 e. The SMILES string of the molecule is Nc1c(CBr)cnc(C(F)F)c1F. The van der Waals surface area contributed by atoms with Gasteiger partial charge in [0.05, 0.1) is 5.69 Å². The van der Waals surface area contributed by atoms with Crippen LogP contribution in [0.2, 0.25) is 0 Å². The molecule has 6 heteroatoms. The zero-order valence-corrected chi connectivity index (χ0v) is 7.98. The smallest absolute Gasteiger partial charge is 0.283 e. The van der Waals surface area contributed by atoms with Gasteiger partial charge in [-0.2, -0.15) is 0 Å². The Morgan fingerprint density at radius 3 is 2.62 bits per heavy atom. The van der Waals surface area contributed by atoms with Crippen molar-refractivity contribution >= 4 is 21.6 Å². The topological polar surface area (TPSA) is 38.9 Å². The molecule has 0 amide bonds. The van der Waals surface area contributed by atoms with E-state index >= 15 is 0 Å². The molecule has 1 heterocycles. The molecule has 0 spiro atoms. The summed E-state index contributed by atoms with van der Waals surface area (Å²) in [5.41, 5.74) is 4.44. The number of aromatic nitrogens is 1. The number of hydrogen-bond acceptors (Lipinski definition) is 2. The first kappa shape index (κ1) is 10.3. The van der Waals surface area contributed by atoms with E-state index in [0.717, 1.165) is 6.20 Å². The number of hydrogen-bond donors (Lipinski definition) is 1. The van der Waals surface area contributed by atoms with E-state index in [4.69, 9.17) is 5.73 Å². The number of rotatable bonds is 2. The van der Waals surface area contributed by atoms with Gasteiger partial charge in [-0.25, -0.2) is 13.2 Å². The van der Waals surface area contributed by atoms with Crippen LogP contribution in [0.3, 0.4) is 0 Å². The van der Waals surface area contributed by atoms with Crippen molar-refractivity contribution in [2.24, 2.45) is 0 Å². The maximum absolute atomic E-state index is 13.0. The van der Waals surface area contributed by atoms with Gasteiger partial charge in [0.2, 0.25) is 0 Å². The predicted molar refractivity (Wildman–Crippen MR) is 46.2 cm³/mol. The quantitative estimate of drug-likeness (QED) is 0.825. The van der Waals surface area contributed by atoms with Gasteiger partial charge < -0.3 is 5.73 Å². The largest absolute Gasteiger partial charge is 0.396 e. The number of alkyl halides is 3. The van der Waals surface area contributed by atoms with Crippen molar-refractivity contribution < 1.29 is 13.2 Å². The van der Waals surface area contributed by atoms with Gasteiger partial charge in [-0.1, -0.05) is 15.9 Å². The van der Waals surface area contributed by atoms with E-state index in [1.54, 1.807) is 0 Å². The summed E-state index contributed by atoms with van der Waals surface area (Å²) in [5.74, 6) is -1.13. The van der Waals surface area contributed by atoms with E-state index in [1.165, 1.54) is 0 Å². The lowest BCUT2D eigenvalue weighted by atomic mass is 10.2. The normalized spacial score (nSPS) is 10.8. The second-order valence-electron chi connectivity index (χ2n) is 2.33. The molecular weight excluding hydrogens is 249 g/mol. The van der Waals surface area contributed by atoms with E-state index in [2.05, 4.69) is 20.9 Å². The Morgan fingerprint density at radius 2 is 2.15 bits per heavy atom. The minimum atomic E-state index is -2.94. The van der Waals surface area contributed by atoms with Crippen LogP contribution in [0.15, 0.2) is 6.20 Å². The summed E-state index contributed by atoms with van der Waals surface area (Å²) in [5, 5.41) is 0.284. The summed E-state index contributed by atoms with van der Waals surface area (Å²) in [7, 11) is 0.